The third kappa shape index (κ3) is 3.82. The fourth-order valence-electron chi connectivity index (χ4n) is 3.27. The van der Waals surface area contributed by atoms with Crippen LogP contribution < -0.4 is 16.6 Å². The van der Waals surface area contributed by atoms with Crippen molar-refractivity contribution in [3.63, 3.8) is 0 Å². The number of rotatable bonds is 3. The largest absolute Gasteiger partial charge is 0.332 e. The van der Waals surface area contributed by atoms with Gasteiger partial charge in [-0.05, 0) is 23.3 Å². The highest BCUT2D eigenvalue weighted by Gasteiger charge is 2.29. The zero-order chi connectivity index (χ0) is 20.5. The molecule has 0 aliphatic carbocycles. The lowest BCUT2D eigenvalue weighted by Crippen LogP contribution is -2.43. The third-order valence-corrected chi connectivity index (χ3v) is 6.34. The summed E-state index contributed by atoms with van der Waals surface area (Å²) in [7, 11) is 3.16. The van der Waals surface area contributed by atoms with E-state index in [9.17, 15) is 9.59 Å². The van der Waals surface area contributed by atoms with Gasteiger partial charge in [0.05, 0.1) is 5.56 Å². The Balaban J connectivity index is 1.80. The molecule has 0 amide bonds. The monoisotopic (exact) mass is 470 g/mol. The minimum absolute atomic E-state index is 0.334. The topological polar surface area (TPSA) is 68.4 Å². The number of halogens is 1. The second-order valence-electron chi connectivity index (χ2n) is 6.76. The van der Waals surface area contributed by atoms with Crippen molar-refractivity contribution >= 4 is 38.7 Å². The van der Waals surface area contributed by atoms with Crippen molar-refractivity contribution in [1.82, 2.24) is 9.13 Å². The van der Waals surface area contributed by atoms with Crippen LogP contribution in [0.15, 0.2) is 73.7 Å². The molecule has 0 fully saturated rings. The molecule has 0 spiro atoms. The number of aromatic nitrogens is 2. The highest BCUT2D eigenvalue weighted by atomic mass is 79.9. The van der Waals surface area contributed by atoms with Gasteiger partial charge in [-0.2, -0.15) is 0 Å². The second-order valence-corrected chi connectivity index (χ2v) is 8.64. The van der Waals surface area contributed by atoms with Crippen LogP contribution in [0.25, 0.3) is 0 Å². The Morgan fingerprint density at radius 1 is 1.03 bits per heavy atom. The van der Waals surface area contributed by atoms with Crippen molar-refractivity contribution in [1.29, 1.82) is 0 Å². The minimum Gasteiger partial charge on any atom is -0.320 e. The summed E-state index contributed by atoms with van der Waals surface area (Å²) < 4.78 is 3.55. The van der Waals surface area contributed by atoms with Crippen molar-refractivity contribution in [3.05, 3.63) is 96.6 Å². The first-order chi connectivity index (χ1) is 14.0. The Kier molecular flexibility index (Phi) is 5.47. The van der Waals surface area contributed by atoms with Gasteiger partial charge in [0.25, 0.3) is 5.56 Å². The average Bonchev–Trinajstić information content (AvgIpc) is 2.75. The van der Waals surface area contributed by atoms with Crippen LogP contribution in [0.1, 0.15) is 22.7 Å². The van der Waals surface area contributed by atoms with Gasteiger partial charge < -0.3 is 5.32 Å². The van der Waals surface area contributed by atoms with Crippen molar-refractivity contribution in [3.8, 4) is 0 Å². The molecule has 0 bridgehead atoms. The summed E-state index contributed by atoms with van der Waals surface area (Å²) >= 11 is 4.99. The summed E-state index contributed by atoms with van der Waals surface area (Å²) in [5.41, 5.74) is 1.83. The lowest BCUT2D eigenvalue weighted by atomic mass is 9.99. The lowest BCUT2D eigenvalue weighted by Gasteiger charge is -2.26. The summed E-state index contributed by atoms with van der Waals surface area (Å²) in [6.07, 6.45) is 0. The zero-order valence-corrected chi connectivity index (χ0v) is 18.3. The zero-order valence-electron chi connectivity index (χ0n) is 15.9. The van der Waals surface area contributed by atoms with Crippen LogP contribution in [0.2, 0.25) is 0 Å². The second kappa shape index (κ2) is 8.04. The van der Waals surface area contributed by atoms with Crippen LogP contribution in [0.5, 0.6) is 0 Å². The van der Waals surface area contributed by atoms with Gasteiger partial charge in [-0.15, -0.1) is 0 Å². The summed E-state index contributed by atoms with van der Waals surface area (Å²) in [4.78, 5) is 30.3. The number of thioether (sulfide) groups is 1. The van der Waals surface area contributed by atoms with E-state index in [0.29, 0.717) is 16.5 Å². The Hall–Kier alpha value is -2.58. The molecule has 1 aliphatic heterocycles. The van der Waals surface area contributed by atoms with Gasteiger partial charge >= 0.3 is 5.69 Å². The quantitative estimate of drug-likeness (QED) is 0.634. The molecule has 8 heteroatoms. The number of benzene rings is 2. The highest BCUT2D eigenvalue weighted by molar-refractivity contribution is 9.10. The molecule has 2 heterocycles. The average molecular weight is 471 g/mol. The van der Waals surface area contributed by atoms with Gasteiger partial charge in [0.1, 0.15) is 11.9 Å². The fraction of sp³-hybridized carbons (Fsp3) is 0.190. The number of nitrogens with zero attached hydrogens (tertiary/aromatic N) is 3. The van der Waals surface area contributed by atoms with E-state index in [4.69, 9.17) is 4.99 Å². The van der Waals surface area contributed by atoms with Crippen molar-refractivity contribution in [2.45, 2.75) is 11.8 Å². The number of amidine groups is 1. The Labute approximate surface area is 180 Å². The number of anilines is 1. The highest BCUT2D eigenvalue weighted by Crippen LogP contribution is 2.34. The minimum atomic E-state index is -0.483. The normalized spacial score (nSPS) is 15.4. The van der Waals surface area contributed by atoms with Crippen LogP contribution in [-0.4, -0.2) is 14.3 Å². The smallest absolute Gasteiger partial charge is 0.320 e. The standard InChI is InChI=1S/C21H19BrN4O2S/c1-25-18-16(19(27)26(2)21(25)28)17(14-8-10-15(22)11-9-14)23-20(24-18)29-12-13-6-4-3-5-7-13/h3-11,17H,12H2,1-2H3,(H,23,24). The maximum atomic E-state index is 12.9. The van der Waals surface area contributed by atoms with Gasteiger partial charge in [-0.3, -0.25) is 13.9 Å². The maximum absolute atomic E-state index is 12.9. The molecule has 3 aromatic rings. The predicted molar refractivity (Wildman–Crippen MR) is 122 cm³/mol. The lowest BCUT2D eigenvalue weighted by molar-refractivity contribution is 0.659. The first-order valence-electron chi connectivity index (χ1n) is 9.02. The molecule has 1 atom stereocenters. The van der Waals surface area contributed by atoms with Crippen LogP contribution in [0.4, 0.5) is 5.82 Å². The van der Waals surface area contributed by atoms with E-state index in [2.05, 4.69) is 33.4 Å². The van der Waals surface area contributed by atoms with Gasteiger partial charge in [0, 0.05) is 24.3 Å². The molecule has 1 N–H and O–H groups in total. The van der Waals surface area contributed by atoms with Crippen molar-refractivity contribution < 1.29 is 0 Å². The number of aliphatic imine (C=N–C) groups is 1. The number of nitrogens with one attached hydrogen (secondary N) is 1. The Morgan fingerprint density at radius 3 is 2.41 bits per heavy atom. The molecule has 1 unspecified atom stereocenters. The Morgan fingerprint density at radius 2 is 1.72 bits per heavy atom. The van der Waals surface area contributed by atoms with E-state index < -0.39 is 6.04 Å². The molecule has 2 aromatic carbocycles. The molecule has 1 aromatic heterocycles. The van der Waals surface area contributed by atoms with Gasteiger partial charge in [0.15, 0.2) is 5.17 Å². The first-order valence-corrected chi connectivity index (χ1v) is 10.8. The summed E-state index contributed by atoms with van der Waals surface area (Å²) in [5.74, 6) is 1.23. The summed E-state index contributed by atoms with van der Waals surface area (Å²) in [6.45, 7) is 0. The van der Waals surface area contributed by atoms with Crippen LogP contribution in [-0.2, 0) is 19.8 Å². The fourth-order valence-corrected chi connectivity index (χ4v) is 4.38. The van der Waals surface area contributed by atoms with Gasteiger partial charge in [-0.25, -0.2) is 9.79 Å². The van der Waals surface area contributed by atoms with Crippen molar-refractivity contribution in [2.24, 2.45) is 19.1 Å². The molecule has 0 saturated heterocycles. The van der Waals surface area contributed by atoms with Crippen molar-refractivity contribution in [2.75, 3.05) is 5.32 Å². The SMILES string of the molecule is Cn1c2c(c(=O)n(C)c1=O)C(c1ccc(Br)cc1)N=C(SCc1ccccc1)N2. The van der Waals surface area contributed by atoms with E-state index in [1.54, 1.807) is 18.8 Å². The van der Waals surface area contributed by atoms with E-state index in [1.165, 1.54) is 17.2 Å². The molecular weight excluding hydrogens is 452 g/mol. The van der Waals surface area contributed by atoms with Gasteiger partial charge in [-0.1, -0.05) is 70.2 Å². The number of hydrogen-bond donors (Lipinski definition) is 1. The summed E-state index contributed by atoms with van der Waals surface area (Å²) in [5, 5.41) is 3.89. The molecule has 0 radical (unpaired) electrons. The molecule has 6 nitrogen and oxygen atoms in total. The Bertz CT molecular complexity index is 1200. The summed E-state index contributed by atoms with van der Waals surface area (Å²) in [6, 6.07) is 17.3. The van der Waals surface area contributed by atoms with Gasteiger partial charge in [0.2, 0.25) is 0 Å². The number of hydrogen-bond acceptors (Lipinski definition) is 5. The predicted octanol–water partition coefficient (Wildman–Crippen LogP) is 3.65. The third-order valence-electron chi connectivity index (χ3n) is 4.85. The van der Waals surface area contributed by atoms with E-state index >= 15 is 0 Å². The van der Waals surface area contributed by atoms with Crippen LogP contribution in [0, 0.1) is 0 Å². The molecule has 148 valence electrons. The molecule has 4 rings (SSSR count). The first kappa shape index (κ1) is 19.7. The van der Waals surface area contributed by atoms with E-state index in [0.717, 1.165) is 20.4 Å². The molecule has 1 aliphatic rings. The van der Waals surface area contributed by atoms with E-state index in [1.807, 2.05) is 42.5 Å². The van der Waals surface area contributed by atoms with Crippen LogP contribution >= 0.6 is 27.7 Å². The maximum Gasteiger partial charge on any atom is 0.332 e. The molecular formula is C21H19BrN4O2S. The molecule has 29 heavy (non-hydrogen) atoms. The van der Waals surface area contributed by atoms with E-state index in [-0.39, 0.29) is 11.2 Å². The number of fused-ring (bicyclic) bond motifs is 1. The van der Waals surface area contributed by atoms with Crippen LogP contribution in [0.3, 0.4) is 0 Å². The molecule has 0 saturated carbocycles.